The number of thiophene rings is 1. The number of aryl methyl sites for hydroxylation is 1. The van der Waals surface area contributed by atoms with Crippen LogP contribution in [0.5, 0.6) is 0 Å². The molecule has 0 aliphatic carbocycles. The van der Waals surface area contributed by atoms with Gasteiger partial charge in [-0.25, -0.2) is 0 Å². The van der Waals surface area contributed by atoms with Crippen LogP contribution in [-0.4, -0.2) is 53.9 Å². The zero-order valence-electron chi connectivity index (χ0n) is 14.3. The van der Waals surface area contributed by atoms with Crippen LogP contribution in [-0.2, 0) is 18.2 Å². The molecule has 1 unspecified atom stereocenters. The average Bonchev–Trinajstić information content (AvgIpc) is 3.20. The van der Waals surface area contributed by atoms with Crippen molar-refractivity contribution >= 4 is 52.9 Å². The van der Waals surface area contributed by atoms with Crippen LogP contribution in [0.4, 0.5) is 0 Å². The van der Waals surface area contributed by atoms with Gasteiger partial charge in [0.05, 0.1) is 23.7 Å². The van der Waals surface area contributed by atoms with E-state index in [4.69, 9.17) is 16.3 Å². The highest BCUT2D eigenvalue weighted by molar-refractivity contribution is 14.0. The molecule has 2 aromatic rings. The molecule has 138 valence electrons. The minimum Gasteiger partial charge on any atom is -0.370 e. The normalized spacial score (nSPS) is 18.1. The van der Waals surface area contributed by atoms with E-state index in [1.807, 2.05) is 32.6 Å². The fraction of sp³-hybridized carbons (Fsp3) is 0.500. The molecule has 2 aromatic heterocycles. The second-order valence-corrected chi connectivity index (χ2v) is 7.48. The summed E-state index contributed by atoms with van der Waals surface area (Å²) in [5.41, 5.74) is 1.10. The summed E-state index contributed by atoms with van der Waals surface area (Å²) in [6.07, 6.45) is 4.84. The first kappa shape index (κ1) is 20.5. The van der Waals surface area contributed by atoms with E-state index in [9.17, 15) is 0 Å². The van der Waals surface area contributed by atoms with Gasteiger partial charge < -0.3 is 15.0 Å². The van der Waals surface area contributed by atoms with Crippen molar-refractivity contribution < 1.29 is 4.74 Å². The second-order valence-electron chi connectivity index (χ2n) is 5.68. The molecule has 1 atom stereocenters. The Morgan fingerprint density at radius 1 is 1.52 bits per heavy atom. The quantitative estimate of drug-likeness (QED) is 0.403. The van der Waals surface area contributed by atoms with Crippen LogP contribution in [0.15, 0.2) is 29.5 Å². The minimum absolute atomic E-state index is 0. The van der Waals surface area contributed by atoms with E-state index in [0.717, 1.165) is 41.9 Å². The summed E-state index contributed by atoms with van der Waals surface area (Å²) < 4.78 is 8.53. The molecule has 3 rings (SSSR count). The Morgan fingerprint density at radius 2 is 2.36 bits per heavy atom. The fourth-order valence-electron chi connectivity index (χ4n) is 2.77. The molecule has 6 nitrogen and oxygen atoms in total. The van der Waals surface area contributed by atoms with Crippen LogP contribution >= 0.6 is 46.9 Å². The Kier molecular flexibility index (Phi) is 7.98. The van der Waals surface area contributed by atoms with Crippen LogP contribution in [0.25, 0.3) is 0 Å². The predicted octanol–water partition coefficient (Wildman–Crippen LogP) is 2.94. The number of morpholine rings is 1. The Balaban J connectivity index is 0.00000225. The van der Waals surface area contributed by atoms with Gasteiger partial charge in [-0.1, -0.05) is 11.6 Å². The van der Waals surface area contributed by atoms with E-state index in [2.05, 4.69) is 26.4 Å². The molecule has 1 fully saturated rings. The molecular formula is C16H23ClIN5OS. The van der Waals surface area contributed by atoms with Crippen LogP contribution in [0.3, 0.4) is 0 Å². The third-order valence-corrected chi connectivity index (χ3v) is 5.25. The first-order valence-corrected chi connectivity index (χ1v) is 9.15. The smallest absolute Gasteiger partial charge is 0.193 e. The molecule has 0 aromatic carbocycles. The summed E-state index contributed by atoms with van der Waals surface area (Å²) in [6, 6.07) is 4.02. The monoisotopic (exact) mass is 495 g/mol. The van der Waals surface area contributed by atoms with Crippen molar-refractivity contribution in [2.45, 2.75) is 12.5 Å². The SMILES string of the molecule is CN=C(NCCc1ccc(Cl)s1)N1CCOC(c2cnn(C)c2)C1.I. The van der Waals surface area contributed by atoms with Gasteiger partial charge in [0.25, 0.3) is 0 Å². The molecule has 25 heavy (non-hydrogen) atoms. The highest BCUT2D eigenvalue weighted by Gasteiger charge is 2.25. The third-order valence-electron chi connectivity index (χ3n) is 3.96. The molecule has 1 N–H and O–H groups in total. The van der Waals surface area contributed by atoms with E-state index in [1.54, 1.807) is 16.0 Å². The van der Waals surface area contributed by atoms with E-state index >= 15 is 0 Å². The zero-order chi connectivity index (χ0) is 16.9. The summed E-state index contributed by atoms with van der Waals surface area (Å²) in [5.74, 6) is 0.912. The number of hydrogen-bond acceptors (Lipinski definition) is 4. The van der Waals surface area contributed by atoms with Gasteiger partial charge in [-0.3, -0.25) is 9.67 Å². The van der Waals surface area contributed by atoms with Crippen molar-refractivity contribution in [2.75, 3.05) is 33.3 Å². The molecular weight excluding hydrogens is 473 g/mol. The van der Waals surface area contributed by atoms with Gasteiger partial charge in [-0.05, 0) is 18.6 Å². The Labute approximate surface area is 174 Å². The van der Waals surface area contributed by atoms with Gasteiger partial charge in [0.2, 0.25) is 0 Å². The number of guanidine groups is 1. The van der Waals surface area contributed by atoms with E-state index in [-0.39, 0.29) is 30.1 Å². The average molecular weight is 496 g/mol. The Hall–Kier alpha value is -0.840. The van der Waals surface area contributed by atoms with Crippen LogP contribution in [0.2, 0.25) is 4.34 Å². The lowest BCUT2D eigenvalue weighted by Crippen LogP contribution is -2.48. The first-order chi connectivity index (χ1) is 11.7. The van der Waals surface area contributed by atoms with Gasteiger partial charge in [-0.15, -0.1) is 35.3 Å². The summed E-state index contributed by atoms with van der Waals surface area (Å²) in [5, 5.41) is 7.67. The molecule has 1 aliphatic rings. The molecule has 0 radical (unpaired) electrons. The van der Waals surface area contributed by atoms with Gasteiger partial charge in [0, 0.05) is 43.8 Å². The van der Waals surface area contributed by atoms with Crippen molar-refractivity contribution in [3.8, 4) is 0 Å². The van der Waals surface area contributed by atoms with Crippen molar-refractivity contribution in [1.29, 1.82) is 0 Å². The molecule has 3 heterocycles. The molecule has 0 saturated carbocycles. The summed E-state index contributed by atoms with van der Waals surface area (Å²) in [6.45, 7) is 3.12. The number of halogens is 2. The maximum absolute atomic E-state index is 5.97. The molecule has 0 spiro atoms. The maximum Gasteiger partial charge on any atom is 0.193 e. The second kappa shape index (κ2) is 9.75. The van der Waals surface area contributed by atoms with Crippen LogP contribution in [0, 0.1) is 0 Å². The standard InChI is InChI=1S/C16H22ClN5OS.HI/c1-18-16(19-6-5-13-3-4-15(17)24-13)22-7-8-23-14(11-22)12-9-20-21(2)10-12;/h3-4,9-10,14H,5-8,11H2,1-2H3,(H,18,19);1H. The Bertz CT molecular complexity index is 704. The van der Waals surface area contributed by atoms with E-state index < -0.39 is 0 Å². The van der Waals surface area contributed by atoms with Crippen molar-refractivity contribution in [3.05, 3.63) is 39.3 Å². The van der Waals surface area contributed by atoms with Gasteiger partial charge in [0.15, 0.2) is 5.96 Å². The Morgan fingerprint density at radius 3 is 3.00 bits per heavy atom. The van der Waals surface area contributed by atoms with Crippen LogP contribution < -0.4 is 5.32 Å². The highest BCUT2D eigenvalue weighted by atomic mass is 127. The number of nitrogens with one attached hydrogen (secondary N) is 1. The molecule has 9 heteroatoms. The van der Waals surface area contributed by atoms with Crippen molar-refractivity contribution in [1.82, 2.24) is 20.0 Å². The van der Waals surface area contributed by atoms with E-state index in [0.29, 0.717) is 6.61 Å². The maximum atomic E-state index is 5.97. The topological polar surface area (TPSA) is 54.7 Å². The largest absolute Gasteiger partial charge is 0.370 e. The fourth-order valence-corrected chi connectivity index (χ4v) is 3.85. The first-order valence-electron chi connectivity index (χ1n) is 7.95. The zero-order valence-corrected chi connectivity index (χ0v) is 18.2. The number of aliphatic imine (C=N–C) groups is 1. The molecule has 0 bridgehead atoms. The summed E-state index contributed by atoms with van der Waals surface area (Å²) in [4.78, 5) is 7.93. The highest BCUT2D eigenvalue weighted by Crippen LogP contribution is 2.22. The van der Waals surface area contributed by atoms with Crippen molar-refractivity contribution in [2.24, 2.45) is 12.0 Å². The lowest BCUT2D eigenvalue weighted by molar-refractivity contribution is -0.00800. The molecule has 0 amide bonds. The van der Waals surface area contributed by atoms with Gasteiger partial charge in [0.1, 0.15) is 6.10 Å². The minimum atomic E-state index is 0. The van der Waals surface area contributed by atoms with Crippen LogP contribution in [0.1, 0.15) is 16.5 Å². The summed E-state index contributed by atoms with van der Waals surface area (Å²) in [7, 11) is 3.74. The number of aromatic nitrogens is 2. The molecule has 1 saturated heterocycles. The number of nitrogens with zero attached hydrogens (tertiary/aromatic N) is 4. The lowest BCUT2D eigenvalue weighted by atomic mass is 10.1. The third kappa shape index (κ3) is 5.57. The van der Waals surface area contributed by atoms with Gasteiger partial charge in [-0.2, -0.15) is 5.10 Å². The van der Waals surface area contributed by atoms with E-state index in [1.165, 1.54) is 4.88 Å². The molecule has 1 aliphatic heterocycles. The predicted molar refractivity (Wildman–Crippen MR) is 113 cm³/mol. The van der Waals surface area contributed by atoms with Gasteiger partial charge >= 0.3 is 0 Å². The lowest BCUT2D eigenvalue weighted by Gasteiger charge is -2.34. The number of hydrogen-bond donors (Lipinski definition) is 1. The van der Waals surface area contributed by atoms with Crippen molar-refractivity contribution in [3.63, 3.8) is 0 Å². The summed E-state index contributed by atoms with van der Waals surface area (Å²) >= 11 is 7.60. The number of ether oxygens (including phenoxy) is 1. The number of rotatable bonds is 4.